The first-order valence-corrected chi connectivity index (χ1v) is 9.44. The second-order valence-electron chi connectivity index (χ2n) is 7.75. The van der Waals surface area contributed by atoms with E-state index in [9.17, 15) is 19.2 Å². The molecule has 2 aliphatic rings. The number of fused-ring (bicyclic) bond motifs is 1. The summed E-state index contributed by atoms with van der Waals surface area (Å²) in [7, 11) is 3.26. The lowest BCUT2D eigenvalue weighted by Crippen LogP contribution is -2.60. The summed E-state index contributed by atoms with van der Waals surface area (Å²) in [6.07, 6.45) is 2.82. The number of piperidine rings is 1. The monoisotopic (exact) mass is 385 g/mol. The lowest BCUT2D eigenvalue weighted by molar-refractivity contribution is -0.144. The summed E-state index contributed by atoms with van der Waals surface area (Å²) in [5, 5.41) is 0.0800. The molecule has 28 heavy (non-hydrogen) atoms. The number of H-pyrrole nitrogens is 1. The lowest BCUT2D eigenvalue weighted by atomic mass is 9.85. The standard InChI is InChI=1S/C19H23N5O4/c1-11-10-12(13-14(20-11)23(3)18(28)21-15(13)25)16(26)24-9-5-7-19(24)6-4-8-22(2)17(19)27/h10H,4-9H2,1-3H3,(H,21,25,28). The number of hydrogen-bond acceptors (Lipinski definition) is 5. The van der Waals surface area contributed by atoms with E-state index < -0.39 is 16.8 Å². The molecule has 4 heterocycles. The van der Waals surface area contributed by atoms with Crippen LogP contribution >= 0.6 is 0 Å². The van der Waals surface area contributed by atoms with Gasteiger partial charge in [0.2, 0.25) is 5.91 Å². The molecular formula is C19H23N5O4. The molecular weight excluding hydrogens is 362 g/mol. The Kier molecular flexibility index (Phi) is 4.13. The minimum absolute atomic E-state index is 0.0407. The molecule has 4 rings (SSSR count). The molecule has 2 amide bonds. The van der Waals surface area contributed by atoms with E-state index in [-0.39, 0.29) is 28.4 Å². The Labute approximate surface area is 161 Å². The Morgan fingerprint density at radius 3 is 2.54 bits per heavy atom. The maximum Gasteiger partial charge on any atom is 0.329 e. The van der Waals surface area contributed by atoms with Crippen molar-refractivity contribution >= 4 is 22.8 Å². The van der Waals surface area contributed by atoms with Gasteiger partial charge in [0.25, 0.3) is 11.5 Å². The fraction of sp³-hybridized carbons (Fsp3) is 0.526. The van der Waals surface area contributed by atoms with Gasteiger partial charge in [-0.3, -0.25) is 23.9 Å². The van der Waals surface area contributed by atoms with Gasteiger partial charge in [-0.25, -0.2) is 9.78 Å². The van der Waals surface area contributed by atoms with E-state index in [1.807, 2.05) is 0 Å². The minimum atomic E-state index is -0.846. The van der Waals surface area contributed by atoms with Crippen LogP contribution in [0.3, 0.4) is 0 Å². The van der Waals surface area contributed by atoms with Crippen molar-refractivity contribution in [1.29, 1.82) is 0 Å². The van der Waals surface area contributed by atoms with Crippen LogP contribution in [0.5, 0.6) is 0 Å². The number of pyridine rings is 1. The average Bonchev–Trinajstić information content (AvgIpc) is 3.07. The molecule has 9 heteroatoms. The van der Waals surface area contributed by atoms with Crippen molar-refractivity contribution in [1.82, 2.24) is 24.3 Å². The summed E-state index contributed by atoms with van der Waals surface area (Å²) >= 11 is 0. The third-order valence-electron chi connectivity index (χ3n) is 5.99. The highest BCUT2D eigenvalue weighted by molar-refractivity contribution is 6.07. The first-order valence-electron chi connectivity index (χ1n) is 9.44. The Hall–Kier alpha value is -2.97. The summed E-state index contributed by atoms with van der Waals surface area (Å²) in [4.78, 5) is 60.9. The number of carbonyl (C=O) groups excluding carboxylic acids is 2. The van der Waals surface area contributed by atoms with Gasteiger partial charge in [0.15, 0.2) is 0 Å². The number of aromatic nitrogens is 3. The normalized spacial score (nSPS) is 22.5. The van der Waals surface area contributed by atoms with E-state index >= 15 is 0 Å². The molecule has 0 bridgehead atoms. The Balaban J connectivity index is 1.90. The lowest BCUT2D eigenvalue weighted by Gasteiger charge is -2.43. The molecule has 2 saturated heterocycles. The summed E-state index contributed by atoms with van der Waals surface area (Å²) in [5.74, 6) is -0.401. The van der Waals surface area contributed by atoms with Gasteiger partial charge in [-0.15, -0.1) is 0 Å². The number of carbonyl (C=O) groups is 2. The van der Waals surface area contributed by atoms with E-state index in [0.29, 0.717) is 31.6 Å². The van der Waals surface area contributed by atoms with Gasteiger partial charge in [0.1, 0.15) is 11.2 Å². The van der Waals surface area contributed by atoms with E-state index in [4.69, 9.17) is 0 Å². The van der Waals surface area contributed by atoms with E-state index in [1.54, 1.807) is 29.8 Å². The van der Waals surface area contributed by atoms with Crippen molar-refractivity contribution in [2.45, 2.75) is 38.1 Å². The van der Waals surface area contributed by atoms with Gasteiger partial charge in [0.05, 0.1) is 10.9 Å². The molecule has 0 aromatic carbocycles. The van der Waals surface area contributed by atoms with Crippen molar-refractivity contribution in [2.24, 2.45) is 7.05 Å². The minimum Gasteiger partial charge on any atom is -0.344 e. The van der Waals surface area contributed by atoms with Crippen molar-refractivity contribution < 1.29 is 9.59 Å². The third-order valence-corrected chi connectivity index (χ3v) is 5.99. The van der Waals surface area contributed by atoms with E-state index in [0.717, 1.165) is 12.8 Å². The molecule has 0 saturated carbocycles. The zero-order chi connectivity index (χ0) is 20.2. The molecule has 2 aromatic rings. The van der Waals surface area contributed by atoms with Crippen LogP contribution in [0.15, 0.2) is 15.7 Å². The SMILES string of the molecule is Cc1cc(C(=O)N2CCCC23CCCN(C)C3=O)c2c(=O)[nH]c(=O)n(C)c2n1. The highest BCUT2D eigenvalue weighted by atomic mass is 16.2. The summed E-state index contributed by atoms with van der Waals surface area (Å²) < 4.78 is 1.22. The second kappa shape index (κ2) is 6.29. The predicted molar refractivity (Wildman–Crippen MR) is 102 cm³/mol. The van der Waals surface area contributed by atoms with Crippen LogP contribution in [0.4, 0.5) is 0 Å². The molecule has 1 unspecified atom stereocenters. The largest absolute Gasteiger partial charge is 0.344 e. The van der Waals surface area contributed by atoms with Gasteiger partial charge in [0, 0.05) is 32.9 Å². The maximum atomic E-state index is 13.6. The molecule has 1 spiro atoms. The fourth-order valence-corrected chi connectivity index (χ4v) is 4.61. The van der Waals surface area contributed by atoms with Gasteiger partial charge < -0.3 is 9.80 Å². The van der Waals surface area contributed by atoms with Crippen molar-refractivity contribution in [3.8, 4) is 0 Å². The number of aryl methyl sites for hydroxylation is 2. The molecule has 9 nitrogen and oxygen atoms in total. The zero-order valence-electron chi connectivity index (χ0n) is 16.2. The maximum absolute atomic E-state index is 13.6. The van der Waals surface area contributed by atoms with Gasteiger partial charge in [-0.05, 0) is 38.7 Å². The van der Waals surface area contributed by atoms with Crippen LogP contribution in [0.2, 0.25) is 0 Å². The van der Waals surface area contributed by atoms with Gasteiger partial charge in [-0.1, -0.05) is 0 Å². The van der Waals surface area contributed by atoms with Crippen LogP contribution in [0, 0.1) is 6.92 Å². The Bertz CT molecular complexity index is 1120. The molecule has 0 radical (unpaired) electrons. The van der Waals surface area contributed by atoms with E-state index in [2.05, 4.69) is 9.97 Å². The molecule has 1 atom stereocenters. The number of likely N-dealkylation sites (N-methyl/N-ethyl adjacent to an activating group) is 1. The quantitative estimate of drug-likeness (QED) is 0.752. The number of nitrogens with zero attached hydrogens (tertiary/aromatic N) is 4. The smallest absolute Gasteiger partial charge is 0.329 e. The van der Waals surface area contributed by atoms with Crippen molar-refractivity contribution in [3.05, 3.63) is 38.2 Å². The summed E-state index contributed by atoms with van der Waals surface area (Å²) in [5.41, 5.74) is -1.21. The molecule has 0 aliphatic carbocycles. The average molecular weight is 385 g/mol. The zero-order valence-corrected chi connectivity index (χ0v) is 16.2. The summed E-state index contributed by atoms with van der Waals surface area (Å²) in [6, 6.07) is 1.56. The molecule has 1 N–H and O–H groups in total. The Morgan fingerprint density at radius 1 is 1.14 bits per heavy atom. The third kappa shape index (κ3) is 2.49. The first-order chi connectivity index (χ1) is 13.3. The first kappa shape index (κ1) is 18.4. The number of likely N-dealkylation sites (tertiary alicyclic amines) is 2. The van der Waals surface area contributed by atoms with Crippen LogP contribution in [0.25, 0.3) is 11.0 Å². The molecule has 2 aliphatic heterocycles. The van der Waals surface area contributed by atoms with Crippen LogP contribution in [-0.2, 0) is 11.8 Å². The van der Waals surface area contributed by atoms with Crippen molar-refractivity contribution in [2.75, 3.05) is 20.1 Å². The number of aromatic amines is 1. The number of amides is 2. The molecule has 2 aromatic heterocycles. The van der Waals surface area contributed by atoms with Crippen LogP contribution in [-0.4, -0.2) is 61.8 Å². The second-order valence-corrected chi connectivity index (χ2v) is 7.75. The van der Waals surface area contributed by atoms with Crippen LogP contribution < -0.4 is 11.2 Å². The van der Waals surface area contributed by atoms with Crippen molar-refractivity contribution in [3.63, 3.8) is 0 Å². The number of hydrogen-bond donors (Lipinski definition) is 1. The van der Waals surface area contributed by atoms with Crippen LogP contribution in [0.1, 0.15) is 41.7 Å². The highest BCUT2D eigenvalue weighted by Gasteiger charge is 2.52. The molecule has 2 fully saturated rings. The highest BCUT2D eigenvalue weighted by Crippen LogP contribution is 2.39. The number of rotatable bonds is 1. The fourth-order valence-electron chi connectivity index (χ4n) is 4.61. The molecule has 148 valence electrons. The van der Waals surface area contributed by atoms with Gasteiger partial charge in [-0.2, -0.15) is 0 Å². The topological polar surface area (TPSA) is 108 Å². The summed E-state index contributed by atoms with van der Waals surface area (Å²) in [6.45, 7) is 2.85. The predicted octanol–water partition coefficient (Wildman–Crippen LogP) is 0.157. The van der Waals surface area contributed by atoms with E-state index in [1.165, 1.54) is 11.6 Å². The number of nitrogens with one attached hydrogen (secondary N) is 1. The Morgan fingerprint density at radius 2 is 1.82 bits per heavy atom. The van der Waals surface area contributed by atoms with Gasteiger partial charge >= 0.3 is 5.69 Å².